The van der Waals surface area contributed by atoms with Crippen molar-refractivity contribution in [3.63, 3.8) is 0 Å². The number of nitrogens with one attached hydrogen (secondary N) is 1. The second kappa shape index (κ2) is 9.88. The summed E-state index contributed by atoms with van der Waals surface area (Å²) in [5.41, 5.74) is 3.74. The van der Waals surface area contributed by atoms with Crippen LogP contribution >= 0.6 is 11.6 Å². The zero-order valence-corrected chi connectivity index (χ0v) is 19.1. The van der Waals surface area contributed by atoms with E-state index in [2.05, 4.69) is 10.4 Å². The SMILES string of the molecule is Cc1cc(OCc2ccc(C(=O)Nc3cc(C)n(Cc4ccccc4F)n3)cc2)ccc1Cl. The van der Waals surface area contributed by atoms with Crippen molar-refractivity contribution >= 4 is 23.3 Å². The van der Waals surface area contributed by atoms with E-state index in [1.807, 2.05) is 38.1 Å². The van der Waals surface area contributed by atoms with Gasteiger partial charge in [-0.3, -0.25) is 9.48 Å². The van der Waals surface area contributed by atoms with Crippen LogP contribution in [0.3, 0.4) is 0 Å². The van der Waals surface area contributed by atoms with E-state index in [4.69, 9.17) is 16.3 Å². The highest BCUT2D eigenvalue weighted by Crippen LogP contribution is 2.22. The lowest BCUT2D eigenvalue weighted by atomic mass is 10.1. The molecular formula is C26H23ClFN3O2. The maximum absolute atomic E-state index is 13.9. The minimum Gasteiger partial charge on any atom is -0.489 e. The molecule has 0 saturated carbocycles. The van der Waals surface area contributed by atoms with Crippen molar-refractivity contribution in [1.29, 1.82) is 0 Å². The maximum atomic E-state index is 13.9. The summed E-state index contributed by atoms with van der Waals surface area (Å²) in [7, 11) is 0. The first-order valence-corrected chi connectivity index (χ1v) is 10.8. The van der Waals surface area contributed by atoms with Gasteiger partial charge in [-0.05, 0) is 61.4 Å². The Hall–Kier alpha value is -3.64. The molecule has 168 valence electrons. The number of carbonyl (C=O) groups is 1. The Morgan fingerprint density at radius 1 is 1.06 bits per heavy atom. The average Bonchev–Trinajstić information content (AvgIpc) is 3.15. The van der Waals surface area contributed by atoms with Gasteiger partial charge in [-0.15, -0.1) is 0 Å². The van der Waals surface area contributed by atoms with Crippen molar-refractivity contribution in [3.8, 4) is 5.75 Å². The third-order valence-electron chi connectivity index (χ3n) is 5.25. The van der Waals surface area contributed by atoms with Crippen LogP contribution < -0.4 is 10.1 Å². The lowest BCUT2D eigenvalue weighted by Crippen LogP contribution is -2.13. The number of aromatic nitrogens is 2. The summed E-state index contributed by atoms with van der Waals surface area (Å²) >= 11 is 6.04. The van der Waals surface area contributed by atoms with Crippen molar-refractivity contribution < 1.29 is 13.9 Å². The van der Waals surface area contributed by atoms with Gasteiger partial charge >= 0.3 is 0 Å². The van der Waals surface area contributed by atoms with Crippen molar-refractivity contribution in [2.45, 2.75) is 27.0 Å². The molecule has 4 rings (SSSR count). The molecule has 0 atom stereocenters. The predicted octanol–water partition coefficient (Wildman–Crippen LogP) is 6.17. The highest BCUT2D eigenvalue weighted by molar-refractivity contribution is 6.31. The number of amides is 1. The molecule has 3 aromatic carbocycles. The fourth-order valence-corrected chi connectivity index (χ4v) is 3.45. The molecule has 1 heterocycles. The van der Waals surface area contributed by atoms with Gasteiger partial charge in [0.25, 0.3) is 5.91 Å². The van der Waals surface area contributed by atoms with Crippen LogP contribution in [0, 0.1) is 19.7 Å². The normalized spacial score (nSPS) is 10.8. The molecule has 7 heteroatoms. The number of carbonyl (C=O) groups excluding carboxylic acids is 1. The van der Waals surface area contributed by atoms with Crippen LogP contribution in [0.25, 0.3) is 0 Å². The van der Waals surface area contributed by atoms with E-state index in [9.17, 15) is 9.18 Å². The van der Waals surface area contributed by atoms with Crippen molar-refractivity contribution in [2.24, 2.45) is 0 Å². The van der Waals surface area contributed by atoms with Gasteiger partial charge in [-0.25, -0.2) is 4.39 Å². The van der Waals surface area contributed by atoms with E-state index >= 15 is 0 Å². The number of rotatable bonds is 7. The largest absolute Gasteiger partial charge is 0.489 e. The number of aryl methyl sites for hydroxylation is 2. The topological polar surface area (TPSA) is 56.1 Å². The Bertz CT molecular complexity index is 1290. The summed E-state index contributed by atoms with van der Waals surface area (Å²) < 4.78 is 21.4. The third kappa shape index (κ3) is 5.59. The second-order valence-corrected chi connectivity index (χ2v) is 8.18. The number of benzene rings is 3. The smallest absolute Gasteiger partial charge is 0.256 e. The molecule has 5 nitrogen and oxygen atoms in total. The van der Waals surface area contributed by atoms with E-state index in [0.29, 0.717) is 28.6 Å². The van der Waals surface area contributed by atoms with Gasteiger partial charge in [0.1, 0.15) is 18.2 Å². The highest BCUT2D eigenvalue weighted by atomic mass is 35.5. The fraction of sp³-hybridized carbons (Fsp3) is 0.154. The van der Waals surface area contributed by atoms with Gasteiger partial charge in [-0.1, -0.05) is 41.9 Å². The Morgan fingerprint density at radius 2 is 1.82 bits per heavy atom. The van der Waals surface area contributed by atoms with Gasteiger partial charge in [0.15, 0.2) is 5.82 Å². The molecule has 1 N–H and O–H groups in total. The highest BCUT2D eigenvalue weighted by Gasteiger charge is 2.12. The van der Waals surface area contributed by atoms with Crippen molar-refractivity contribution in [3.05, 3.63) is 112 Å². The van der Waals surface area contributed by atoms with Crippen LogP contribution in [0.4, 0.5) is 10.2 Å². The number of hydrogen-bond acceptors (Lipinski definition) is 3. The Morgan fingerprint density at radius 3 is 2.55 bits per heavy atom. The van der Waals surface area contributed by atoms with Crippen molar-refractivity contribution in [2.75, 3.05) is 5.32 Å². The maximum Gasteiger partial charge on any atom is 0.256 e. The average molecular weight is 464 g/mol. The van der Waals surface area contributed by atoms with Crippen LogP contribution in [0.2, 0.25) is 5.02 Å². The van der Waals surface area contributed by atoms with E-state index in [1.165, 1.54) is 6.07 Å². The number of halogens is 2. The molecule has 0 spiro atoms. The molecule has 33 heavy (non-hydrogen) atoms. The van der Waals surface area contributed by atoms with Crippen LogP contribution in [0.5, 0.6) is 5.75 Å². The molecule has 4 aromatic rings. The molecule has 0 fully saturated rings. The van der Waals surface area contributed by atoms with E-state index < -0.39 is 0 Å². The van der Waals surface area contributed by atoms with Gasteiger partial charge in [0, 0.05) is 27.9 Å². The summed E-state index contributed by atoms with van der Waals surface area (Å²) in [6.07, 6.45) is 0. The van der Waals surface area contributed by atoms with Gasteiger partial charge < -0.3 is 10.1 Å². The zero-order valence-electron chi connectivity index (χ0n) is 18.3. The summed E-state index contributed by atoms with van der Waals surface area (Å²) in [5, 5.41) is 7.89. The molecular weight excluding hydrogens is 441 g/mol. The lowest BCUT2D eigenvalue weighted by Gasteiger charge is -2.09. The van der Waals surface area contributed by atoms with Crippen molar-refractivity contribution in [1.82, 2.24) is 9.78 Å². The molecule has 0 bridgehead atoms. The number of anilines is 1. The summed E-state index contributed by atoms with van der Waals surface area (Å²) in [6, 6.07) is 21.0. The Labute approximate surface area is 196 Å². The van der Waals surface area contributed by atoms with Gasteiger partial charge in [0.2, 0.25) is 0 Å². The predicted molar refractivity (Wildman–Crippen MR) is 127 cm³/mol. The molecule has 0 aliphatic heterocycles. The Kier molecular flexibility index (Phi) is 6.75. The number of hydrogen-bond donors (Lipinski definition) is 1. The van der Waals surface area contributed by atoms with Crippen LogP contribution in [-0.2, 0) is 13.2 Å². The number of ether oxygens (including phenoxy) is 1. The molecule has 0 aliphatic rings. The molecule has 1 amide bonds. The van der Waals surface area contributed by atoms with E-state index in [0.717, 1.165) is 22.6 Å². The lowest BCUT2D eigenvalue weighted by molar-refractivity contribution is 0.102. The fourth-order valence-electron chi connectivity index (χ4n) is 3.33. The van der Waals surface area contributed by atoms with Gasteiger partial charge in [0.05, 0.1) is 6.54 Å². The molecule has 1 aromatic heterocycles. The molecule has 0 aliphatic carbocycles. The summed E-state index contributed by atoms with van der Waals surface area (Å²) in [6.45, 7) is 4.45. The molecule has 0 saturated heterocycles. The van der Waals surface area contributed by atoms with E-state index in [-0.39, 0.29) is 18.3 Å². The summed E-state index contributed by atoms with van der Waals surface area (Å²) in [5.74, 6) is 0.596. The van der Waals surface area contributed by atoms with Crippen LogP contribution in [0.15, 0.2) is 72.8 Å². The number of nitrogens with zero attached hydrogens (tertiary/aromatic N) is 2. The standard InChI is InChI=1S/C26H23ClFN3O2/c1-17-13-22(11-12-23(17)27)33-16-19-7-9-20(10-8-19)26(32)29-25-14-18(2)31(30-25)15-21-5-3-4-6-24(21)28/h3-14H,15-16H2,1-2H3,(H,29,30,32). The Balaban J connectivity index is 1.36. The quantitative estimate of drug-likeness (QED) is 0.356. The first-order chi connectivity index (χ1) is 15.9. The molecule has 0 unspecified atom stereocenters. The minimum absolute atomic E-state index is 0.272. The molecule has 0 radical (unpaired) electrons. The third-order valence-corrected chi connectivity index (χ3v) is 5.68. The van der Waals surface area contributed by atoms with E-state index in [1.54, 1.807) is 47.1 Å². The second-order valence-electron chi connectivity index (χ2n) is 7.77. The monoisotopic (exact) mass is 463 g/mol. The first-order valence-electron chi connectivity index (χ1n) is 10.5. The minimum atomic E-state index is -0.284. The first kappa shape index (κ1) is 22.6. The van der Waals surface area contributed by atoms with Crippen LogP contribution in [-0.4, -0.2) is 15.7 Å². The van der Waals surface area contributed by atoms with Gasteiger partial charge in [-0.2, -0.15) is 5.10 Å². The zero-order chi connectivity index (χ0) is 23.4. The summed E-state index contributed by atoms with van der Waals surface area (Å²) in [4.78, 5) is 12.6. The van der Waals surface area contributed by atoms with Crippen LogP contribution in [0.1, 0.15) is 32.7 Å².